The van der Waals surface area contributed by atoms with Gasteiger partial charge in [-0.15, -0.1) is 0 Å². The molecule has 1 saturated heterocycles. The molecule has 1 aromatic carbocycles. The minimum Gasteiger partial charge on any atom is -0.339 e. The normalized spacial score (nSPS) is 25.1. The van der Waals surface area contributed by atoms with E-state index < -0.39 is 0 Å². The van der Waals surface area contributed by atoms with Crippen LogP contribution >= 0.6 is 0 Å². The van der Waals surface area contributed by atoms with Crippen LogP contribution in [0.15, 0.2) is 22.7 Å². The van der Waals surface area contributed by atoms with Crippen LogP contribution in [0.25, 0.3) is 11.4 Å². The molecular weight excluding hydrogens is 250 g/mol. The first kappa shape index (κ1) is 12.1. The van der Waals surface area contributed by atoms with Gasteiger partial charge >= 0.3 is 0 Å². The standard InChI is InChI=1S/C16H19N3O/c1-10-14(7-8-17-10)16-18-15(19-20-16)13-6-5-11-3-2-4-12(11)9-13/h5-6,9-10,14,17H,2-4,7-8H2,1H3. The first-order chi connectivity index (χ1) is 9.81. The van der Waals surface area contributed by atoms with Crippen molar-refractivity contribution in [2.75, 3.05) is 6.54 Å². The maximum atomic E-state index is 5.49. The molecule has 0 bridgehead atoms. The molecule has 1 N–H and O–H groups in total. The number of nitrogens with one attached hydrogen (secondary N) is 1. The molecule has 104 valence electrons. The van der Waals surface area contributed by atoms with Crippen LogP contribution in [0.1, 0.15) is 42.7 Å². The SMILES string of the molecule is CC1NCCC1c1nc(-c2ccc3c(c2)CCC3)no1. The quantitative estimate of drug-likeness (QED) is 0.910. The molecule has 1 aliphatic carbocycles. The van der Waals surface area contributed by atoms with Gasteiger partial charge in [0.1, 0.15) is 0 Å². The number of hydrogen-bond acceptors (Lipinski definition) is 4. The second kappa shape index (κ2) is 4.70. The van der Waals surface area contributed by atoms with Crippen molar-refractivity contribution in [1.29, 1.82) is 0 Å². The number of benzene rings is 1. The van der Waals surface area contributed by atoms with Gasteiger partial charge in [0.15, 0.2) is 0 Å². The minimum atomic E-state index is 0.352. The van der Waals surface area contributed by atoms with Gasteiger partial charge in [0.05, 0.1) is 5.92 Å². The summed E-state index contributed by atoms with van der Waals surface area (Å²) in [5, 5.41) is 7.60. The molecule has 0 spiro atoms. The Labute approximate surface area is 118 Å². The van der Waals surface area contributed by atoms with E-state index in [1.165, 1.54) is 30.4 Å². The molecule has 4 rings (SSSR count). The van der Waals surface area contributed by atoms with Crippen LogP contribution in [-0.4, -0.2) is 22.7 Å². The zero-order chi connectivity index (χ0) is 13.5. The van der Waals surface area contributed by atoms with E-state index in [1.54, 1.807) is 0 Å². The van der Waals surface area contributed by atoms with Crippen molar-refractivity contribution in [3.05, 3.63) is 35.2 Å². The monoisotopic (exact) mass is 269 g/mol. The van der Waals surface area contributed by atoms with Crippen LogP contribution in [0.4, 0.5) is 0 Å². The highest BCUT2D eigenvalue weighted by atomic mass is 16.5. The molecule has 2 unspecified atom stereocenters. The third kappa shape index (κ3) is 1.95. The summed E-state index contributed by atoms with van der Waals surface area (Å²) in [5.41, 5.74) is 4.01. The van der Waals surface area contributed by atoms with Crippen LogP contribution in [0, 0.1) is 0 Å². The molecular formula is C16H19N3O. The van der Waals surface area contributed by atoms with Crippen molar-refractivity contribution in [3.8, 4) is 11.4 Å². The highest BCUT2D eigenvalue weighted by Gasteiger charge is 2.29. The van der Waals surface area contributed by atoms with E-state index in [-0.39, 0.29) is 0 Å². The smallest absolute Gasteiger partial charge is 0.231 e. The van der Waals surface area contributed by atoms with Crippen LogP contribution in [0.5, 0.6) is 0 Å². The minimum absolute atomic E-state index is 0.352. The number of rotatable bonds is 2. The number of hydrogen-bond donors (Lipinski definition) is 1. The fourth-order valence-corrected chi connectivity index (χ4v) is 3.41. The highest BCUT2D eigenvalue weighted by molar-refractivity contribution is 5.57. The Hall–Kier alpha value is -1.68. The molecule has 2 aliphatic rings. The van der Waals surface area contributed by atoms with Gasteiger partial charge in [-0.1, -0.05) is 17.3 Å². The molecule has 0 amide bonds. The maximum absolute atomic E-state index is 5.49. The molecule has 4 nitrogen and oxygen atoms in total. The third-order valence-electron chi connectivity index (χ3n) is 4.64. The lowest BCUT2D eigenvalue weighted by Crippen LogP contribution is -2.21. The molecule has 2 atom stereocenters. The van der Waals surface area contributed by atoms with Crippen molar-refractivity contribution < 1.29 is 4.52 Å². The van der Waals surface area contributed by atoms with Crippen LogP contribution in [-0.2, 0) is 12.8 Å². The summed E-state index contributed by atoms with van der Waals surface area (Å²) >= 11 is 0. The summed E-state index contributed by atoms with van der Waals surface area (Å²) < 4.78 is 5.49. The van der Waals surface area contributed by atoms with Crippen molar-refractivity contribution in [3.63, 3.8) is 0 Å². The molecule has 0 saturated carbocycles. The van der Waals surface area contributed by atoms with E-state index in [1.807, 2.05) is 0 Å². The summed E-state index contributed by atoms with van der Waals surface area (Å²) in [6.07, 6.45) is 4.73. The Morgan fingerprint density at radius 2 is 2.15 bits per heavy atom. The lowest BCUT2D eigenvalue weighted by molar-refractivity contribution is 0.345. The third-order valence-corrected chi connectivity index (χ3v) is 4.64. The second-order valence-electron chi connectivity index (χ2n) is 5.93. The van der Waals surface area contributed by atoms with Crippen molar-refractivity contribution >= 4 is 0 Å². The van der Waals surface area contributed by atoms with Crippen LogP contribution in [0.3, 0.4) is 0 Å². The van der Waals surface area contributed by atoms with Gasteiger partial charge in [-0.2, -0.15) is 4.98 Å². The van der Waals surface area contributed by atoms with Crippen LogP contribution in [0.2, 0.25) is 0 Å². The Kier molecular flexibility index (Phi) is 2.84. The molecule has 2 aromatic rings. The molecule has 4 heteroatoms. The number of aryl methyl sites for hydroxylation is 2. The van der Waals surface area contributed by atoms with Crippen molar-refractivity contribution in [2.24, 2.45) is 0 Å². The predicted molar refractivity (Wildman–Crippen MR) is 76.6 cm³/mol. The fourth-order valence-electron chi connectivity index (χ4n) is 3.41. The first-order valence-corrected chi connectivity index (χ1v) is 7.50. The van der Waals surface area contributed by atoms with E-state index in [9.17, 15) is 0 Å². The van der Waals surface area contributed by atoms with E-state index in [2.05, 4.69) is 40.6 Å². The van der Waals surface area contributed by atoms with E-state index in [0.717, 1.165) is 30.2 Å². The molecule has 1 fully saturated rings. The number of aromatic nitrogens is 2. The molecule has 20 heavy (non-hydrogen) atoms. The zero-order valence-corrected chi connectivity index (χ0v) is 11.7. The Balaban J connectivity index is 1.64. The Morgan fingerprint density at radius 3 is 3.00 bits per heavy atom. The van der Waals surface area contributed by atoms with Crippen LogP contribution < -0.4 is 5.32 Å². The average Bonchev–Trinajstić information content (AvgIpc) is 3.17. The van der Waals surface area contributed by atoms with Gasteiger partial charge in [0, 0.05) is 11.6 Å². The first-order valence-electron chi connectivity index (χ1n) is 7.50. The fraction of sp³-hybridized carbons (Fsp3) is 0.500. The van der Waals surface area contributed by atoms with E-state index in [4.69, 9.17) is 4.52 Å². The summed E-state index contributed by atoms with van der Waals surface area (Å²) in [4.78, 5) is 4.62. The molecule has 1 aromatic heterocycles. The van der Waals surface area contributed by atoms with Crippen molar-refractivity contribution in [1.82, 2.24) is 15.5 Å². The summed E-state index contributed by atoms with van der Waals surface area (Å²) in [5.74, 6) is 1.86. The summed E-state index contributed by atoms with van der Waals surface area (Å²) in [7, 11) is 0. The van der Waals surface area contributed by atoms with E-state index in [0.29, 0.717) is 12.0 Å². The molecule has 1 aliphatic heterocycles. The van der Waals surface area contributed by atoms with Gasteiger partial charge in [-0.3, -0.25) is 0 Å². The lowest BCUT2D eigenvalue weighted by Gasteiger charge is -2.08. The number of fused-ring (bicyclic) bond motifs is 1. The number of nitrogens with zero attached hydrogens (tertiary/aromatic N) is 2. The average molecular weight is 269 g/mol. The van der Waals surface area contributed by atoms with Gasteiger partial charge in [0.2, 0.25) is 11.7 Å². The second-order valence-corrected chi connectivity index (χ2v) is 5.93. The van der Waals surface area contributed by atoms with Gasteiger partial charge in [0.25, 0.3) is 0 Å². The highest BCUT2D eigenvalue weighted by Crippen LogP contribution is 2.30. The summed E-state index contributed by atoms with van der Waals surface area (Å²) in [6.45, 7) is 3.21. The molecule has 2 heterocycles. The Morgan fingerprint density at radius 1 is 1.25 bits per heavy atom. The summed E-state index contributed by atoms with van der Waals surface area (Å²) in [6, 6.07) is 6.99. The van der Waals surface area contributed by atoms with Crippen molar-refractivity contribution in [2.45, 2.75) is 44.6 Å². The maximum Gasteiger partial charge on any atom is 0.231 e. The van der Waals surface area contributed by atoms with E-state index >= 15 is 0 Å². The lowest BCUT2D eigenvalue weighted by atomic mass is 10.0. The van der Waals surface area contributed by atoms with Gasteiger partial charge < -0.3 is 9.84 Å². The Bertz CT molecular complexity index is 634. The largest absolute Gasteiger partial charge is 0.339 e. The molecule has 0 radical (unpaired) electrons. The predicted octanol–water partition coefficient (Wildman–Crippen LogP) is 2.69. The zero-order valence-electron chi connectivity index (χ0n) is 11.7. The van der Waals surface area contributed by atoms with Gasteiger partial charge in [-0.05, 0) is 56.3 Å². The van der Waals surface area contributed by atoms with Gasteiger partial charge in [-0.25, -0.2) is 0 Å². The topological polar surface area (TPSA) is 51.0 Å².